The molecule has 1 saturated carbocycles. The van der Waals surface area contributed by atoms with E-state index in [2.05, 4.69) is 6.92 Å². The lowest BCUT2D eigenvalue weighted by atomic mass is 9.88. The van der Waals surface area contributed by atoms with Crippen molar-refractivity contribution in [1.29, 1.82) is 0 Å². The molecule has 0 heterocycles. The van der Waals surface area contributed by atoms with E-state index in [0.29, 0.717) is 18.3 Å². The minimum atomic E-state index is -0.0150. The molecule has 0 aromatic carbocycles. The van der Waals surface area contributed by atoms with E-state index in [-0.39, 0.29) is 12.1 Å². The van der Waals surface area contributed by atoms with Gasteiger partial charge < -0.3 is 4.74 Å². The van der Waals surface area contributed by atoms with E-state index in [1.165, 1.54) is 19.3 Å². The van der Waals surface area contributed by atoms with Crippen LogP contribution in [0.4, 0.5) is 0 Å². The molecule has 0 aliphatic heterocycles. The second-order valence-corrected chi connectivity index (χ2v) is 4.89. The summed E-state index contributed by atoms with van der Waals surface area (Å²) >= 11 is 0. The van der Waals surface area contributed by atoms with Gasteiger partial charge in [0.2, 0.25) is 0 Å². The van der Waals surface area contributed by atoms with Crippen LogP contribution in [0.1, 0.15) is 52.9 Å². The second-order valence-electron chi connectivity index (χ2n) is 4.89. The third-order valence-corrected chi connectivity index (χ3v) is 2.89. The van der Waals surface area contributed by atoms with E-state index >= 15 is 0 Å². The Morgan fingerprint density at radius 1 is 1.36 bits per heavy atom. The number of rotatable bonds is 3. The van der Waals surface area contributed by atoms with Gasteiger partial charge in [-0.2, -0.15) is 0 Å². The van der Waals surface area contributed by atoms with Gasteiger partial charge in [0, 0.05) is 6.42 Å². The highest BCUT2D eigenvalue weighted by Crippen LogP contribution is 2.26. The topological polar surface area (TPSA) is 26.3 Å². The molecule has 0 aromatic rings. The Kier molecular flexibility index (Phi) is 4.43. The lowest BCUT2D eigenvalue weighted by Crippen LogP contribution is -2.28. The first-order valence-corrected chi connectivity index (χ1v) is 5.79. The van der Waals surface area contributed by atoms with E-state index in [1.807, 2.05) is 13.8 Å². The molecule has 0 bridgehead atoms. The molecule has 1 fully saturated rings. The smallest absolute Gasteiger partial charge is 0.306 e. The molecule has 14 heavy (non-hydrogen) atoms. The van der Waals surface area contributed by atoms with Crippen molar-refractivity contribution in [1.82, 2.24) is 0 Å². The van der Waals surface area contributed by atoms with Gasteiger partial charge >= 0.3 is 5.97 Å². The van der Waals surface area contributed by atoms with E-state index in [0.717, 1.165) is 6.42 Å². The third-order valence-electron chi connectivity index (χ3n) is 2.89. The summed E-state index contributed by atoms with van der Waals surface area (Å²) in [5.41, 5.74) is 0. The van der Waals surface area contributed by atoms with Crippen LogP contribution in [-0.4, -0.2) is 12.1 Å². The third kappa shape index (κ3) is 3.69. The number of esters is 1. The molecule has 1 rings (SSSR count). The largest absolute Gasteiger partial charge is 0.462 e. The molecule has 2 heteroatoms. The average molecular weight is 198 g/mol. The van der Waals surface area contributed by atoms with Crippen molar-refractivity contribution >= 4 is 5.97 Å². The molecule has 1 aliphatic rings. The quantitative estimate of drug-likeness (QED) is 0.651. The summed E-state index contributed by atoms with van der Waals surface area (Å²) in [7, 11) is 0. The fourth-order valence-electron chi connectivity index (χ4n) is 2.01. The normalized spacial score (nSPS) is 27.7. The summed E-state index contributed by atoms with van der Waals surface area (Å²) in [6.45, 7) is 6.28. The molecular weight excluding hydrogens is 176 g/mol. The summed E-state index contributed by atoms with van der Waals surface area (Å²) in [5, 5.41) is 0. The van der Waals surface area contributed by atoms with Crippen LogP contribution < -0.4 is 0 Å². The summed E-state index contributed by atoms with van der Waals surface area (Å²) in [6, 6.07) is 0. The zero-order valence-electron chi connectivity index (χ0n) is 9.58. The van der Waals surface area contributed by atoms with Gasteiger partial charge in [-0.15, -0.1) is 0 Å². The molecule has 0 N–H and O–H groups in total. The lowest BCUT2D eigenvalue weighted by molar-refractivity contribution is -0.154. The van der Waals surface area contributed by atoms with Crippen LogP contribution in [0, 0.1) is 11.8 Å². The fourth-order valence-corrected chi connectivity index (χ4v) is 2.01. The monoisotopic (exact) mass is 198 g/mol. The van der Waals surface area contributed by atoms with Crippen molar-refractivity contribution in [3.05, 3.63) is 0 Å². The number of carbonyl (C=O) groups is 1. The Morgan fingerprint density at radius 3 is 2.57 bits per heavy atom. The zero-order chi connectivity index (χ0) is 10.6. The molecule has 2 unspecified atom stereocenters. The fraction of sp³-hybridized carbons (Fsp3) is 0.917. The van der Waals surface area contributed by atoms with Crippen molar-refractivity contribution in [2.75, 3.05) is 0 Å². The van der Waals surface area contributed by atoms with Gasteiger partial charge in [-0.25, -0.2) is 0 Å². The van der Waals surface area contributed by atoms with Crippen LogP contribution in [0.15, 0.2) is 0 Å². The van der Waals surface area contributed by atoms with Crippen LogP contribution in [0.3, 0.4) is 0 Å². The van der Waals surface area contributed by atoms with Crippen molar-refractivity contribution in [2.24, 2.45) is 11.8 Å². The number of ether oxygens (including phenoxy) is 1. The van der Waals surface area contributed by atoms with Gasteiger partial charge in [0.15, 0.2) is 0 Å². The summed E-state index contributed by atoms with van der Waals surface area (Å²) in [5.74, 6) is 0.944. The first-order chi connectivity index (χ1) is 6.59. The van der Waals surface area contributed by atoms with E-state index < -0.39 is 0 Å². The molecule has 82 valence electrons. The molecule has 0 saturated heterocycles. The lowest BCUT2D eigenvalue weighted by Gasteiger charge is -2.28. The first kappa shape index (κ1) is 11.5. The number of hydrogen-bond acceptors (Lipinski definition) is 2. The molecule has 0 amide bonds. The van der Waals surface area contributed by atoms with E-state index in [4.69, 9.17) is 4.74 Å². The average Bonchev–Trinajstić information content (AvgIpc) is 2.07. The van der Waals surface area contributed by atoms with Gasteiger partial charge in [-0.3, -0.25) is 4.79 Å². The summed E-state index contributed by atoms with van der Waals surface area (Å²) in [6.07, 6.45) is 5.52. The SMILES string of the molecule is CC(C)CC(=O)OC1CCCCC1C. The second kappa shape index (κ2) is 5.38. The van der Waals surface area contributed by atoms with Gasteiger partial charge in [0.1, 0.15) is 6.10 Å². The minimum absolute atomic E-state index is 0.0150. The number of carbonyl (C=O) groups excluding carboxylic acids is 1. The Balaban J connectivity index is 2.31. The van der Waals surface area contributed by atoms with Crippen molar-refractivity contribution in [2.45, 2.75) is 59.0 Å². The Hall–Kier alpha value is -0.530. The van der Waals surface area contributed by atoms with Crippen molar-refractivity contribution < 1.29 is 9.53 Å². The van der Waals surface area contributed by atoms with Crippen LogP contribution in [0.2, 0.25) is 0 Å². The predicted molar refractivity (Wildman–Crippen MR) is 57.0 cm³/mol. The van der Waals surface area contributed by atoms with E-state index in [9.17, 15) is 4.79 Å². The molecule has 1 aliphatic carbocycles. The van der Waals surface area contributed by atoms with Crippen LogP contribution in [0.5, 0.6) is 0 Å². The van der Waals surface area contributed by atoms with Crippen molar-refractivity contribution in [3.8, 4) is 0 Å². The zero-order valence-corrected chi connectivity index (χ0v) is 9.58. The maximum atomic E-state index is 11.4. The van der Waals surface area contributed by atoms with Crippen LogP contribution >= 0.6 is 0 Å². The minimum Gasteiger partial charge on any atom is -0.462 e. The molecule has 0 spiro atoms. The molecule has 0 radical (unpaired) electrons. The molecule has 2 atom stereocenters. The summed E-state index contributed by atoms with van der Waals surface area (Å²) < 4.78 is 5.48. The Morgan fingerprint density at radius 2 is 2.00 bits per heavy atom. The van der Waals surface area contributed by atoms with Gasteiger partial charge in [0.05, 0.1) is 0 Å². The highest BCUT2D eigenvalue weighted by molar-refractivity contribution is 5.69. The van der Waals surface area contributed by atoms with Gasteiger partial charge in [-0.1, -0.05) is 27.2 Å². The maximum absolute atomic E-state index is 11.4. The molecule has 0 aromatic heterocycles. The predicted octanol–water partition coefficient (Wildman–Crippen LogP) is 3.15. The van der Waals surface area contributed by atoms with Crippen molar-refractivity contribution in [3.63, 3.8) is 0 Å². The number of hydrogen-bond donors (Lipinski definition) is 0. The molecule has 2 nitrogen and oxygen atoms in total. The first-order valence-electron chi connectivity index (χ1n) is 5.79. The summed E-state index contributed by atoms with van der Waals surface area (Å²) in [4.78, 5) is 11.4. The Labute approximate surface area is 87.0 Å². The molecular formula is C12H22O2. The highest BCUT2D eigenvalue weighted by atomic mass is 16.5. The highest BCUT2D eigenvalue weighted by Gasteiger charge is 2.24. The van der Waals surface area contributed by atoms with Gasteiger partial charge in [0.25, 0.3) is 0 Å². The Bertz CT molecular complexity index is 187. The van der Waals surface area contributed by atoms with Crippen LogP contribution in [-0.2, 0) is 9.53 Å². The maximum Gasteiger partial charge on any atom is 0.306 e. The standard InChI is InChI=1S/C12H22O2/c1-9(2)8-12(13)14-11-7-5-4-6-10(11)3/h9-11H,4-8H2,1-3H3. The van der Waals surface area contributed by atoms with Crippen LogP contribution in [0.25, 0.3) is 0 Å². The van der Waals surface area contributed by atoms with E-state index in [1.54, 1.807) is 0 Å². The van der Waals surface area contributed by atoms with Gasteiger partial charge in [-0.05, 0) is 31.1 Å².